The van der Waals surface area contributed by atoms with Gasteiger partial charge in [-0.15, -0.1) is 0 Å². The van der Waals surface area contributed by atoms with Crippen LogP contribution in [0.2, 0.25) is 0 Å². The Morgan fingerprint density at radius 1 is 0.828 bits per heavy atom. The van der Waals surface area contributed by atoms with Crippen LogP contribution in [0.15, 0.2) is 71.1 Å². The van der Waals surface area contributed by atoms with E-state index < -0.39 is 0 Å². The van der Waals surface area contributed by atoms with E-state index in [-0.39, 0.29) is 11.8 Å². The van der Waals surface area contributed by atoms with Crippen LogP contribution in [0.3, 0.4) is 0 Å². The standard InChI is InChI=1S/C23H17N3O3/c1-2-28-23-25-21(24-22(26-23)16-8-3-5-9-18(16)27)14-11-12-20-17(13-14)15-7-4-6-10-19(15)29-20/h3-13,27H,2H2,1H3. The molecule has 0 radical (unpaired) electrons. The molecule has 1 N–H and O–H groups in total. The summed E-state index contributed by atoms with van der Waals surface area (Å²) in [5, 5.41) is 12.2. The molecule has 2 heterocycles. The highest BCUT2D eigenvalue weighted by Crippen LogP contribution is 2.33. The highest BCUT2D eigenvalue weighted by Gasteiger charge is 2.15. The molecule has 5 rings (SSSR count). The van der Waals surface area contributed by atoms with Crippen LogP contribution in [0, 0.1) is 0 Å². The van der Waals surface area contributed by atoms with E-state index in [1.54, 1.807) is 18.2 Å². The molecule has 0 amide bonds. The van der Waals surface area contributed by atoms with E-state index in [9.17, 15) is 5.11 Å². The maximum Gasteiger partial charge on any atom is 0.320 e. The molecule has 0 aliphatic carbocycles. The van der Waals surface area contributed by atoms with E-state index >= 15 is 0 Å². The molecule has 2 aromatic heterocycles. The molecular formula is C23H17N3O3. The fourth-order valence-electron chi connectivity index (χ4n) is 3.33. The van der Waals surface area contributed by atoms with Gasteiger partial charge >= 0.3 is 6.01 Å². The van der Waals surface area contributed by atoms with Crippen LogP contribution >= 0.6 is 0 Å². The lowest BCUT2D eigenvalue weighted by Crippen LogP contribution is -2.03. The maximum absolute atomic E-state index is 10.2. The molecule has 0 saturated heterocycles. The van der Waals surface area contributed by atoms with E-state index in [1.807, 2.05) is 55.5 Å². The second-order valence-corrected chi connectivity index (χ2v) is 6.52. The monoisotopic (exact) mass is 383 g/mol. The first-order valence-corrected chi connectivity index (χ1v) is 9.32. The van der Waals surface area contributed by atoms with Crippen molar-refractivity contribution in [2.24, 2.45) is 0 Å². The van der Waals surface area contributed by atoms with Gasteiger partial charge in [0, 0.05) is 16.3 Å². The third kappa shape index (κ3) is 3.04. The Morgan fingerprint density at radius 3 is 2.45 bits per heavy atom. The van der Waals surface area contributed by atoms with E-state index in [4.69, 9.17) is 9.15 Å². The summed E-state index contributed by atoms with van der Waals surface area (Å²) in [4.78, 5) is 13.4. The number of fused-ring (bicyclic) bond motifs is 3. The molecule has 6 heteroatoms. The highest BCUT2D eigenvalue weighted by molar-refractivity contribution is 6.06. The van der Waals surface area contributed by atoms with Crippen molar-refractivity contribution >= 4 is 21.9 Å². The summed E-state index contributed by atoms with van der Waals surface area (Å²) >= 11 is 0. The molecule has 5 aromatic rings. The number of rotatable bonds is 4. The van der Waals surface area contributed by atoms with Gasteiger partial charge in [-0.05, 0) is 43.3 Å². The van der Waals surface area contributed by atoms with E-state index in [2.05, 4.69) is 15.0 Å². The van der Waals surface area contributed by atoms with E-state index in [0.717, 1.165) is 27.5 Å². The number of para-hydroxylation sites is 2. The summed E-state index contributed by atoms with van der Waals surface area (Å²) in [6, 6.07) is 20.9. The van der Waals surface area contributed by atoms with E-state index in [1.165, 1.54) is 0 Å². The third-order valence-corrected chi connectivity index (χ3v) is 4.67. The number of phenolic OH excluding ortho intramolecular Hbond substituents is 1. The predicted molar refractivity (Wildman–Crippen MR) is 111 cm³/mol. The van der Waals surface area contributed by atoms with E-state index in [0.29, 0.717) is 23.8 Å². The van der Waals surface area contributed by atoms with Crippen molar-refractivity contribution in [3.05, 3.63) is 66.7 Å². The Balaban J connectivity index is 1.70. The van der Waals surface area contributed by atoms with Crippen LogP contribution in [-0.4, -0.2) is 26.7 Å². The molecule has 142 valence electrons. The number of furan rings is 1. The minimum atomic E-state index is 0.100. The molecule has 0 fully saturated rings. The Morgan fingerprint density at radius 2 is 1.59 bits per heavy atom. The molecule has 29 heavy (non-hydrogen) atoms. The SMILES string of the molecule is CCOc1nc(-c2ccc3oc4ccccc4c3c2)nc(-c2ccccc2O)n1. The fraction of sp³-hybridized carbons (Fsp3) is 0.0870. The van der Waals surface area contributed by atoms with Crippen molar-refractivity contribution in [2.75, 3.05) is 6.61 Å². The first-order chi connectivity index (χ1) is 14.2. The molecule has 0 unspecified atom stereocenters. The van der Waals surface area contributed by atoms with Crippen LogP contribution in [-0.2, 0) is 0 Å². The van der Waals surface area contributed by atoms with Gasteiger partial charge in [0.15, 0.2) is 11.6 Å². The minimum absolute atomic E-state index is 0.100. The van der Waals surface area contributed by atoms with Gasteiger partial charge in [0.25, 0.3) is 0 Å². The molecule has 0 spiro atoms. The lowest BCUT2D eigenvalue weighted by molar-refractivity contribution is 0.312. The third-order valence-electron chi connectivity index (χ3n) is 4.67. The number of hydrogen-bond donors (Lipinski definition) is 1. The van der Waals surface area contributed by atoms with Gasteiger partial charge in [-0.1, -0.05) is 30.3 Å². The quantitative estimate of drug-likeness (QED) is 0.459. The summed E-state index contributed by atoms with van der Waals surface area (Å²) in [5.41, 5.74) is 2.96. The normalized spacial score (nSPS) is 11.2. The molecule has 3 aromatic carbocycles. The van der Waals surface area contributed by atoms with Gasteiger partial charge < -0.3 is 14.3 Å². The lowest BCUT2D eigenvalue weighted by atomic mass is 10.1. The largest absolute Gasteiger partial charge is 0.507 e. The average molecular weight is 383 g/mol. The van der Waals surface area contributed by atoms with Crippen LogP contribution < -0.4 is 4.74 Å². The number of phenols is 1. The summed E-state index contributed by atoms with van der Waals surface area (Å²) < 4.78 is 11.5. The fourth-order valence-corrected chi connectivity index (χ4v) is 3.33. The van der Waals surface area contributed by atoms with Gasteiger partial charge in [-0.3, -0.25) is 0 Å². The van der Waals surface area contributed by atoms with Gasteiger partial charge in [-0.25, -0.2) is 4.98 Å². The smallest absolute Gasteiger partial charge is 0.320 e. The molecule has 6 nitrogen and oxygen atoms in total. The van der Waals surface area contributed by atoms with Crippen molar-refractivity contribution in [1.29, 1.82) is 0 Å². The van der Waals surface area contributed by atoms with Gasteiger partial charge in [0.1, 0.15) is 16.9 Å². The first-order valence-electron chi connectivity index (χ1n) is 9.32. The topological polar surface area (TPSA) is 81.3 Å². The number of benzene rings is 3. The average Bonchev–Trinajstić information content (AvgIpc) is 3.12. The first kappa shape index (κ1) is 17.2. The molecule has 0 atom stereocenters. The summed E-state index contributed by atoms with van der Waals surface area (Å²) in [7, 11) is 0. The minimum Gasteiger partial charge on any atom is -0.507 e. The molecule has 0 aliphatic heterocycles. The van der Waals surface area contributed by atoms with Crippen LogP contribution in [0.25, 0.3) is 44.7 Å². The zero-order valence-electron chi connectivity index (χ0n) is 15.7. The van der Waals surface area contributed by atoms with Gasteiger partial charge in [-0.2, -0.15) is 9.97 Å². The predicted octanol–water partition coefficient (Wildman–Crippen LogP) is 5.21. The van der Waals surface area contributed by atoms with Crippen molar-refractivity contribution < 1.29 is 14.3 Å². The Bertz CT molecular complexity index is 1340. The Labute approximate surface area is 166 Å². The molecule has 0 bridgehead atoms. The lowest BCUT2D eigenvalue weighted by Gasteiger charge is -2.08. The Kier molecular flexibility index (Phi) is 4.09. The number of nitrogens with zero attached hydrogens (tertiary/aromatic N) is 3. The van der Waals surface area contributed by atoms with Crippen LogP contribution in [0.4, 0.5) is 0 Å². The second kappa shape index (κ2) is 6.91. The van der Waals surface area contributed by atoms with Crippen molar-refractivity contribution in [3.63, 3.8) is 0 Å². The number of aromatic hydroxyl groups is 1. The van der Waals surface area contributed by atoms with Gasteiger partial charge in [0.2, 0.25) is 0 Å². The van der Waals surface area contributed by atoms with Crippen molar-refractivity contribution in [2.45, 2.75) is 6.92 Å². The number of ether oxygens (including phenoxy) is 1. The number of aromatic nitrogens is 3. The Hall–Kier alpha value is -3.93. The molecular weight excluding hydrogens is 366 g/mol. The highest BCUT2D eigenvalue weighted by atomic mass is 16.5. The zero-order chi connectivity index (χ0) is 19.8. The zero-order valence-corrected chi connectivity index (χ0v) is 15.7. The molecule has 0 saturated carbocycles. The van der Waals surface area contributed by atoms with Gasteiger partial charge in [0.05, 0.1) is 12.2 Å². The molecule has 0 aliphatic rings. The summed E-state index contributed by atoms with van der Waals surface area (Å²) in [6.07, 6.45) is 0. The summed E-state index contributed by atoms with van der Waals surface area (Å²) in [5.74, 6) is 0.922. The summed E-state index contributed by atoms with van der Waals surface area (Å²) in [6.45, 7) is 2.29. The van der Waals surface area contributed by atoms with Crippen molar-refractivity contribution in [1.82, 2.24) is 15.0 Å². The number of hydrogen-bond acceptors (Lipinski definition) is 6. The van der Waals surface area contributed by atoms with Crippen LogP contribution in [0.1, 0.15) is 6.92 Å². The second-order valence-electron chi connectivity index (χ2n) is 6.52. The van der Waals surface area contributed by atoms with Crippen LogP contribution in [0.5, 0.6) is 11.8 Å². The maximum atomic E-state index is 10.2. The van der Waals surface area contributed by atoms with Crippen molar-refractivity contribution in [3.8, 4) is 34.5 Å².